The molecule has 0 aliphatic rings. The maximum Gasteiger partial charge on any atom is 0.277 e. The Hall–Kier alpha value is -2.22. The standard InChI is InChI=1S/C16H19N3O3S/c1-17-16(20)15-9-7-14(8-10-15)12-19-23(21,22)18-11-13-5-3-2-4-6-13/h2-10,18-19H,11-12H2,1H3,(H,17,20). The number of carbonyl (C=O) groups excluding carboxylic acids is 1. The SMILES string of the molecule is CNC(=O)c1ccc(CNS(=O)(=O)NCc2ccccc2)cc1. The van der Waals surface area contributed by atoms with Crippen LogP contribution in [0, 0.1) is 0 Å². The molecule has 0 unspecified atom stereocenters. The van der Waals surface area contributed by atoms with Crippen LogP contribution in [0.1, 0.15) is 21.5 Å². The summed E-state index contributed by atoms with van der Waals surface area (Å²) in [6, 6.07) is 16.0. The van der Waals surface area contributed by atoms with Crippen molar-refractivity contribution in [1.82, 2.24) is 14.8 Å². The maximum atomic E-state index is 11.9. The first-order valence-electron chi connectivity index (χ1n) is 7.09. The van der Waals surface area contributed by atoms with E-state index in [1.54, 1.807) is 31.3 Å². The number of hydrogen-bond acceptors (Lipinski definition) is 3. The molecule has 6 nitrogen and oxygen atoms in total. The summed E-state index contributed by atoms with van der Waals surface area (Å²) in [6.07, 6.45) is 0. The molecule has 1 amide bonds. The van der Waals surface area contributed by atoms with E-state index in [4.69, 9.17) is 0 Å². The van der Waals surface area contributed by atoms with Crippen LogP contribution in [-0.4, -0.2) is 21.4 Å². The highest BCUT2D eigenvalue weighted by molar-refractivity contribution is 7.87. The van der Waals surface area contributed by atoms with Crippen LogP contribution in [0.25, 0.3) is 0 Å². The molecule has 7 heteroatoms. The minimum atomic E-state index is -3.59. The zero-order chi connectivity index (χ0) is 16.7. The van der Waals surface area contributed by atoms with Gasteiger partial charge >= 0.3 is 0 Å². The zero-order valence-corrected chi connectivity index (χ0v) is 13.6. The number of benzene rings is 2. The largest absolute Gasteiger partial charge is 0.355 e. The van der Waals surface area contributed by atoms with E-state index in [0.717, 1.165) is 11.1 Å². The van der Waals surface area contributed by atoms with E-state index in [1.165, 1.54) is 0 Å². The Morgan fingerprint density at radius 1 is 0.870 bits per heavy atom. The molecule has 0 aliphatic heterocycles. The van der Waals surface area contributed by atoms with Crippen molar-refractivity contribution in [2.45, 2.75) is 13.1 Å². The summed E-state index contributed by atoms with van der Waals surface area (Å²) < 4.78 is 28.8. The van der Waals surface area contributed by atoms with Gasteiger partial charge in [0.05, 0.1) is 0 Å². The van der Waals surface area contributed by atoms with Crippen LogP contribution in [0.4, 0.5) is 0 Å². The van der Waals surface area contributed by atoms with Gasteiger partial charge in [0.1, 0.15) is 0 Å². The van der Waals surface area contributed by atoms with Crippen molar-refractivity contribution >= 4 is 16.1 Å². The molecule has 2 aromatic rings. The first kappa shape index (κ1) is 17.1. The summed E-state index contributed by atoms with van der Waals surface area (Å²) in [6.45, 7) is 0.379. The van der Waals surface area contributed by atoms with Crippen LogP contribution in [0.2, 0.25) is 0 Å². The van der Waals surface area contributed by atoms with E-state index < -0.39 is 10.2 Å². The normalized spacial score (nSPS) is 11.2. The fourth-order valence-corrected chi connectivity index (χ4v) is 2.74. The number of amides is 1. The third kappa shape index (κ3) is 5.48. The predicted molar refractivity (Wildman–Crippen MR) is 88.9 cm³/mol. The number of nitrogens with one attached hydrogen (secondary N) is 3. The van der Waals surface area contributed by atoms with Gasteiger partial charge in [0, 0.05) is 25.7 Å². The highest BCUT2D eigenvalue weighted by Gasteiger charge is 2.09. The molecule has 0 bridgehead atoms. The van der Waals surface area contributed by atoms with Gasteiger partial charge in [-0.15, -0.1) is 0 Å². The molecule has 0 saturated carbocycles. The van der Waals surface area contributed by atoms with Gasteiger partial charge in [-0.05, 0) is 23.3 Å². The minimum absolute atomic E-state index is 0.151. The van der Waals surface area contributed by atoms with Crippen molar-refractivity contribution in [2.75, 3.05) is 7.05 Å². The second kappa shape index (κ2) is 7.87. The van der Waals surface area contributed by atoms with Gasteiger partial charge in [-0.2, -0.15) is 17.9 Å². The zero-order valence-electron chi connectivity index (χ0n) is 12.7. The average Bonchev–Trinajstić information content (AvgIpc) is 2.59. The van der Waals surface area contributed by atoms with Gasteiger partial charge in [-0.25, -0.2) is 0 Å². The van der Waals surface area contributed by atoms with Gasteiger partial charge in [0.25, 0.3) is 16.1 Å². The molecule has 0 aliphatic carbocycles. The molecule has 0 radical (unpaired) electrons. The predicted octanol–water partition coefficient (Wildman–Crippen LogP) is 1.17. The summed E-state index contributed by atoms with van der Waals surface area (Å²) >= 11 is 0. The smallest absolute Gasteiger partial charge is 0.277 e. The van der Waals surface area contributed by atoms with Crippen LogP contribution < -0.4 is 14.8 Å². The lowest BCUT2D eigenvalue weighted by Crippen LogP contribution is -2.35. The van der Waals surface area contributed by atoms with E-state index in [9.17, 15) is 13.2 Å². The molecule has 0 saturated heterocycles. The molecule has 122 valence electrons. The van der Waals surface area contributed by atoms with Crippen molar-refractivity contribution in [2.24, 2.45) is 0 Å². The molecule has 0 fully saturated rings. The molecule has 2 aromatic carbocycles. The molecule has 0 aromatic heterocycles. The van der Waals surface area contributed by atoms with Crippen molar-refractivity contribution in [3.05, 3.63) is 71.3 Å². The third-order valence-corrected chi connectivity index (χ3v) is 4.27. The molecule has 0 spiro atoms. The summed E-state index contributed by atoms with van der Waals surface area (Å²) in [5, 5.41) is 2.53. The summed E-state index contributed by atoms with van der Waals surface area (Å²) in [5.74, 6) is -0.179. The first-order chi connectivity index (χ1) is 11.0. The Bertz CT molecular complexity index is 744. The highest BCUT2D eigenvalue weighted by Crippen LogP contribution is 2.05. The molecule has 23 heavy (non-hydrogen) atoms. The van der Waals surface area contributed by atoms with Crippen molar-refractivity contribution in [3.8, 4) is 0 Å². The maximum absolute atomic E-state index is 11.9. The van der Waals surface area contributed by atoms with Crippen molar-refractivity contribution in [1.29, 1.82) is 0 Å². The van der Waals surface area contributed by atoms with Gasteiger partial charge in [-0.3, -0.25) is 4.79 Å². The van der Waals surface area contributed by atoms with Crippen LogP contribution in [-0.2, 0) is 23.3 Å². The van der Waals surface area contributed by atoms with Crippen LogP contribution in [0.5, 0.6) is 0 Å². The topological polar surface area (TPSA) is 87.3 Å². The molecule has 3 N–H and O–H groups in total. The van der Waals surface area contributed by atoms with Gasteiger partial charge in [0.15, 0.2) is 0 Å². The van der Waals surface area contributed by atoms with Crippen LogP contribution in [0.3, 0.4) is 0 Å². The Kier molecular flexibility index (Phi) is 5.86. The Morgan fingerprint density at radius 3 is 1.91 bits per heavy atom. The van der Waals surface area contributed by atoms with Gasteiger partial charge < -0.3 is 5.32 Å². The van der Waals surface area contributed by atoms with E-state index in [1.807, 2.05) is 30.3 Å². The van der Waals surface area contributed by atoms with Crippen molar-refractivity contribution in [3.63, 3.8) is 0 Å². The second-order valence-electron chi connectivity index (χ2n) is 4.91. The van der Waals surface area contributed by atoms with Crippen LogP contribution >= 0.6 is 0 Å². The summed E-state index contributed by atoms with van der Waals surface area (Å²) in [4.78, 5) is 11.4. The monoisotopic (exact) mass is 333 g/mol. The number of carbonyl (C=O) groups is 1. The van der Waals surface area contributed by atoms with E-state index in [2.05, 4.69) is 14.8 Å². The molecule has 0 heterocycles. The minimum Gasteiger partial charge on any atom is -0.355 e. The van der Waals surface area contributed by atoms with E-state index >= 15 is 0 Å². The van der Waals surface area contributed by atoms with Gasteiger partial charge in [0.2, 0.25) is 0 Å². The molecule has 0 atom stereocenters. The number of hydrogen-bond donors (Lipinski definition) is 3. The first-order valence-corrected chi connectivity index (χ1v) is 8.58. The Morgan fingerprint density at radius 2 is 1.39 bits per heavy atom. The highest BCUT2D eigenvalue weighted by atomic mass is 32.2. The Balaban J connectivity index is 1.87. The average molecular weight is 333 g/mol. The second-order valence-corrected chi connectivity index (χ2v) is 6.49. The summed E-state index contributed by atoms with van der Waals surface area (Å²) in [5.41, 5.74) is 2.18. The molecule has 2 rings (SSSR count). The summed E-state index contributed by atoms with van der Waals surface area (Å²) in [7, 11) is -2.03. The van der Waals surface area contributed by atoms with Crippen molar-refractivity contribution < 1.29 is 13.2 Å². The molecular formula is C16H19N3O3S. The van der Waals surface area contributed by atoms with Crippen LogP contribution in [0.15, 0.2) is 54.6 Å². The molecular weight excluding hydrogens is 314 g/mol. The lowest BCUT2D eigenvalue weighted by atomic mass is 10.1. The Labute approximate surface area is 136 Å². The van der Waals surface area contributed by atoms with E-state index in [0.29, 0.717) is 5.56 Å². The lowest BCUT2D eigenvalue weighted by Gasteiger charge is -2.09. The fraction of sp³-hybridized carbons (Fsp3) is 0.188. The quantitative estimate of drug-likeness (QED) is 0.711. The van der Waals surface area contributed by atoms with Gasteiger partial charge in [-0.1, -0.05) is 42.5 Å². The third-order valence-electron chi connectivity index (χ3n) is 3.22. The van der Waals surface area contributed by atoms with E-state index in [-0.39, 0.29) is 19.0 Å². The number of rotatable bonds is 7. The lowest BCUT2D eigenvalue weighted by molar-refractivity contribution is 0.0963. The fourth-order valence-electron chi connectivity index (χ4n) is 1.92.